The summed E-state index contributed by atoms with van der Waals surface area (Å²) in [5.41, 5.74) is 2.49. The van der Waals surface area contributed by atoms with Crippen LogP contribution in [0.2, 0.25) is 5.02 Å². The van der Waals surface area contributed by atoms with Gasteiger partial charge in [-0.3, -0.25) is 0 Å². The predicted molar refractivity (Wildman–Crippen MR) is 136 cm³/mol. The summed E-state index contributed by atoms with van der Waals surface area (Å²) in [7, 11) is 1.27. The minimum absolute atomic E-state index is 0.121. The average Bonchev–Trinajstić information content (AvgIpc) is 2.76. The lowest BCUT2D eigenvalue weighted by atomic mass is 10.1. The molecule has 0 fully saturated rings. The largest absolute Gasteiger partial charge is 0.495 e. The van der Waals surface area contributed by atoms with Gasteiger partial charge in [0, 0.05) is 40.8 Å². The average molecular weight is 493 g/mol. The molecule has 2 aromatic carbocycles. The van der Waals surface area contributed by atoms with Crippen LogP contribution in [-0.2, 0) is 14.3 Å². The van der Waals surface area contributed by atoms with Gasteiger partial charge >= 0.3 is 13.8 Å². The zero-order valence-corrected chi connectivity index (χ0v) is 21.6. The number of aromatic nitrogens is 1. The summed E-state index contributed by atoms with van der Waals surface area (Å²) in [6.07, 6.45) is 0.481. The SMILES string of the molecule is COOC(CCNc1c(OC)ccc2nc3cc(Cl)ccc3cc12)[P+](=O)N(C(C)C)C(C)C. The molecule has 3 aromatic rings. The van der Waals surface area contributed by atoms with Crippen LogP contribution in [0.4, 0.5) is 5.69 Å². The summed E-state index contributed by atoms with van der Waals surface area (Å²) in [6, 6.07) is 11.8. The highest BCUT2D eigenvalue weighted by Crippen LogP contribution is 2.40. The van der Waals surface area contributed by atoms with E-state index in [-0.39, 0.29) is 12.1 Å². The van der Waals surface area contributed by atoms with Gasteiger partial charge in [0.25, 0.3) is 0 Å². The highest BCUT2D eigenvalue weighted by Gasteiger charge is 2.42. The lowest BCUT2D eigenvalue weighted by Crippen LogP contribution is -2.34. The van der Waals surface area contributed by atoms with Gasteiger partial charge in [-0.2, -0.15) is 4.89 Å². The van der Waals surface area contributed by atoms with Crippen LogP contribution in [0.1, 0.15) is 34.1 Å². The van der Waals surface area contributed by atoms with E-state index in [0.717, 1.165) is 27.5 Å². The molecule has 0 aliphatic rings. The molecule has 7 nitrogen and oxygen atoms in total. The van der Waals surface area contributed by atoms with Crippen LogP contribution in [0, 0.1) is 0 Å². The Balaban J connectivity index is 1.87. The lowest BCUT2D eigenvalue weighted by Gasteiger charge is -2.22. The van der Waals surface area contributed by atoms with Crippen LogP contribution in [0.25, 0.3) is 21.8 Å². The predicted octanol–water partition coefficient (Wildman–Crippen LogP) is 6.62. The zero-order valence-electron chi connectivity index (χ0n) is 20.0. The second-order valence-electron chi connectivity index (χ2n) is 8.34. The van der Waals surface area contributed by atoms with E-state index in [1.807, 2.05) is 62.7 Å². The van der Waals surface area contributed by atoms with E-state index < -0.39 is 13.8 Å². The van der Waals surface area contributed by atoms with Crippen LogP contribution >= 0.6 is 19.6 Å². The molecule has 1 heterocycles. The van der Waals surface area contributed by atoms with Crippen LogP contribution in [0.3, 0.4) is 0 Å². The van der Waals surface area contributed by atoms with E-state index >= 15 is 0 Å². The second-order valence-corrected chi connectivity index (χ2v) is 10.4. The third kappa shape index (κ3) is 5.92. The smallest absolute Gasteiger partial charge is 0.469 e. The number of hydrogen-bond donors (Lipinski definition) is 1. The number of anilines is 1. The number of fused-ring (bicyclic) bond motifs is 2. The van der Waals surface area contributed by atoms with Gasteiger partial charge in [0.05, 0.1) is 30.9 Å². The van der Waals surface area contributed by atoms with Gasteiger partial charge in [0.15, 0.2) is 0 Å². The number of rotatable bonds is 11. The molecule has 2 unspecified atom stereocenters. The van der Waals surface area contributed by atoms with Crippen LogP contribution in [-0.4, -0.2) is 48.3 Å². The molecule has 0 saturated carbocycles. The van der Waals surface area contributed by atoms with Gasteiger partial charge in [-0.15, -0.1) is 0 Å². The van der Waals surface area contributed by atoms with E-state index in [4.69, 9.17) is 31.1 Å². The molecule has 0 saturated heterocycles. The van der Waals surface area contributed by atoms with Crippen molar-refractivity contribution in [3.8, 4) is 5.75 Å². The number of nitrogens with zero attached hydrogens (tertiary/aromatic N) is 2. The van der Waals surface area contributed by atoms with Crippen molar-refractivity contribution in [2.45, 2.75) is 52.0 Å². The lowest BCUT2D eigenvalue weighted by molar-refractivity contribution is -0.285. The molecule has 0 amide bonds. The van der Waals surface area contributed by atoms with E-state index in [1.54, 1.807) is 7.11 Å². The molecule has 2 atom stereocenters. The number of nitrogens with one attached hydrogen (secondary N) is 1. The number of methoxy groups -OCH3 is 1. The van der Waals surface area contributed by atoms with Crippen LogP contribution in [0.15, 0.2) is 36.4 Å². The third-order valence-electron chi connectivity index (χ3n) is 5.37. The molecule has 33 heavy (non-hydrogen) atoms. The Morgan fingerprint density at radius 3 is 2.42 bits per heavy atom. The fraction of sp³-hybridized carbons (Fsp3) is 0.458. The molecule has 0 aliphatic carbocycles. The van der Waals surface area contributed by atoms with Crippen molar-refractivity contribution in [1.29, 1.82) is 0 Å². The van der Waals surface area contributed by atoms with E-state index in [9.17, 15) is 4.57 Å². The van der Waals surface area contributed by atoms with Crippen molar-refractivity contribution in [1.82, 2.24) is 9.65 Å². The summed E-state index contributed by atoms with van der Waals surface area (Å²) in [5, 5.41) is 6.02. The number of benzene rings is 2. The number of hydrogen-bond acceptors (Lipinski definition) is 6. The van der Waals surface area contributed by atoms with Crippen molar-refractivity contribution in [3.63, 3.8) is 0 Å². The first-order valence-corrected chi connectivity index (χ1v) is 12.7. The first kappa shape index (κ1) is 25.6. The standard InChI is InChI=1S/C24H32ClN3O4P/c1-15(2)28(16(3)4)33(29)23(32-31-6)11-12-26-24-19-13-17-7-8-18(25)14-21(17)27-20(19)9-10-22(24)30-5/h7-10,13-16,23,26H,11-12H2,1-6H3/q+1. The number of halogens is 1. The first-order valence-electron chi connectivity index (χ1n) is 11.0. The van der Waals surface area contributed by atoms with E-state index in [1.165, 1.54) is 7.11 Å². The Hall–Kier alpha value is -2.02. The van der Waals surface area contributed by atoms with Gasteiger partial charge in [-0.1, -0.05) is 22.3 Å². The summed E-state index contributed by atoms with van der Waals surface area (Å²) in [4.78, 5) is 15.1. The molecule has 0 bridgehead atoms. The summed E-state index contributed by atoms with van der Waals surface area (Å²) >= 11 is 6.14. The molecular formula is C24H32ClN3O4P+. The molecule has 0 aliphatic heterocycles. The molecular weight excluding hydrogens is 461 g/mol. The summed E-state index contributed by atoms with van der Waals surface area (Å²) < 4.78 is 20.8. The van der Waals surface area contributed by atoms with E-state index in [0.29, 0.717) is 23.7 Å². The van der Waals surface area contributed by atoms with Crippen LogP contribution < -0.4 is 10.1 Å². The topological polar surface area (TPSA) is 72.9 Å². The zero-order chi connectivity index (χ0) is 24.1. The summed E-state index contributed by atoms with van der Waals surface area (Å²) in [5.74, 6) is 0.126. The van der Waals surface area contributed by atoms with Crippen molar-refractivity contribution in [2.75, 3.05) is 26.1 Å². The van der Waals surface area contributed by atoms with Crippen molar-refractivity contribution < 1.29 is 19.1 Å². The molecule has 0 spiro atoms. The Labute approximate surface area is 201 Å². The Kier molecular flexibility index (Phi) is 8.85. The van der Waals surface area contributed by atoms with Gasteiger partial charge in [0.1, 0.15) is 5.75 Å². The molecule has 1 aromatic heterocycles. The summed E-state index contributed by atoms with van der Waals surface area (Å²) in [6.45, 7) is 8.62. The monoisotopic (exact) mass is 492 g/mol. The minimum atomic E-state index is -1.81. The van der Waals surface area contributed by atoms with Gasteiger partial charge in [0.2, 0.25) is 0 Å². The number of pyridine rings is 1. The molecule has 9 heteroatoms. The Morgan fingerprint density at radius 2 is 1.79 bits per heavy atom. The maximum atomic E-state index is 13.3. The van der Waals surface area contributed by atoms with Crippen molar-refractivity contribution in [2.24, 2.45) is 0 Å². The Bertz CT molecular complexity index is 1120. The maximum Gasteiger partial charge on any atom is 0.469 e. The molecule has 1 N–H and O–H groups in total. The molecule has 3 rings (SSSR count). The fourth-order valence-corrected chi connectivity index (χ4v) is 5.92. The highest BCUT2D eigenvalue weighted by molar-refractivity contribution is 7.42. The van der Waals surface area contributed by atoms with Crippen LogP contribution in [0.5, 0.6) is 5.75 Å². The number of ether oxygens (including phenoxy) is 1. The minimum Gasteiger partial charge on any atom is -0.495 e. The van der Waals surface area contributed by atoms with Gasteiger partial charge in [-0.25, -0.2) is 9.87 Å². The maximum absolute atomic E-state index is 13.3. The quantitative estimate of drug-likeness (QED) is 0.139. The fourth-order valence-electron chi connectivity index (χ4n) is 4.03. The first-order chi connectivity index (χ1) is 15.8. The van der Waals surface area contributed by atoms with Gasteiger partial charge in [-0.05, 0) is 62.6 Å². The van der Waals surface area contributed by atoms with Gasteiger partial charge < -0.3 is 10.1 Å². The molecule has 0 radical (unpaired) electrons. The highest BCUT2D eigenvalue weighted by atomic mass is 35.5. The normalized spacial score (nSPS) is 13.3. The third-order valence-corrected chi connectivity index (χ3v) is 7.82. The van der Waals surface area contributed by atoms with E-state index in [2.05, 4.69) is 11.4 Å². The second kappa shape index (κ2) is 11.4. The molecule has 178 valence electrons. The Morgan fingerprint density at radius 1 is 1.06 bits per heavy atom. The van der Waals surface area contributed by atoms with Crippen molar-refractivity contribution >= 4 is 47.0 Å². The van der Waals surface area contributed by atoms with Crippen molar-refractivity contribution in [3.05, 3.63) is 41.4 Å².